The van der Waals surface area contributed by atoms with Crippen LogP contribution in [-0.4, -0.2) is 47.9 Å². The lowest BCUT2D eigenvalue weighted by Gasteiger charge is -2.41. The van der Waals surface area contributed by atoms with E-state index >= 15 is 0 Å². The minimum absolute atomic E-state index is 0.0884. The van der Waals surface area contributed by atoms with E-state index in [1.54, 1.807) is 12.2 Å². The van der Waals surface area contributed by atoms with E-state index in [0.29, 0.717) is 25.7 Å². The van der Waals surface area contributed by atoms with Crippen LogP contribution in [0.1, 0.15) is 79.1 Å². The zero-order valence-corrected chi connectivity index (χ0v) is 19.5. The van der Waals surface area contributed by atoms with E-state index in [-0.39, 0.29) is 37.6 Å². The first-order valence-electron chi connectivity index (χ1n) is 10.8. The number of Topliss-reactive ketones (excluding diaryl/α,β-unsaturated/α-hetero) is 2. The highest BCUT2D eigenvalue weighted by Gasteiger charge is 2.38. The number of ether oxygens (including phenoxy) is 3. The number of hydrogen-bond donors (Lipinski definition) is 0. The van der Waals surface area contributed by atoms with Crippen molar-refractivity contribution in [3.63, 3.8) is 0 Å². The second-order valence-electron chi connectivity index (χ2n) is 7.84. The fourth-order valence-corrected chi connectivity index (χ4v) is 3.38. The molecule has 0 N–H and O–H groups in total. The Morgan fingerprint density at radius 3 is 1.32 bits per heavy atom. The molecule has 0 fully saturated rings. The SMILES string of the molecule is C=CC(CCC)(CCOC(=O)CC(C)=O)OC(C=C)(CCC)CCOC(=O)CC(C)=O. The van der Waals surface area contributed by atoms with Gasteiger partial charge in [0.2, 0.25) is 0 Å². The van der Waals surface area contributed by atoms with Crippen LogP contribution in [-0.2, 0) is 33.4 Å². The van der Waals surface area contributed by atoms with Crippen molar-refractivity contribution in [3.8, 4) is 0 Å². The van der Waals surface area contributed by atoms with Gasteiger partial charge in [0.1, 0.15) is 24.4 Å². The molecule has 0 aliphatic carbocycles. The Balaban J connectivity index is 5.32. The van der Waals surface area contributed by atoms with Crippen molar-refractivity contribution in [2.45, 2.75) is 90.3 Å². The van der Waals surface area contributed by atoms with E-state index in [0.717, 1.165) is 12.8 Å². The molecular formula is C24H38O7. The molecule has 0 saturated carbocycles. The predicted octanol–water partition coefficient (Wildman–Crippen LogP) is 4.28. The zero-order chi connectivity index (χ0) is 23.9. The summed E-state index contributed by atoms with van der Waals surface area (Å²) in [7, 11) is 0. The van der Waals surface area contributed by atoms with Crippen LogP contribution in [0.15, 0.2) is 25.3 Å². The van der Waals surface area contributed by atoms with Gasteiger partial charge in [0.25, 0.3) is 0 Å². The minimum Gasteiger partial charge on any atom is -0.465 e. The van der Waals surface area contributed by atoms with Gasteiger partial charge in [0.05, 0.1) is 24.4 Å². The molecule has 7 heteroatoms. The van der Waals surface area contributed by atoms with Gasteiger partial charge in [0, 0.05) is 12.8 Å². The Kier molecular flexibility index (Phi) is 13.6. The minimum atomic E-state index is -0.780. The van der Waals surface area contributed by atoms with E-state index in [4.69, 9.17) is 14.2 Å². The fourth-order valence-electron chi connectivity index (χ4n) is 3.38. The van der Waals surface area contributed by atoms with Gasteiger partial charge in [-0.25, -0.2) is 0 Å². The zero-order valence-electron chi connectivity index (χ0n) is 19.5. The summed E-state index contributed by atoms with van der Waals surface area (Å²) in [5.41, 5.74) is -1.56. The van der Waals surface area contributed by atoms with Crippen molar-refractivity contribution in [1.29, 1.82) is 0 Å². The third kappa shape index (κ3) is 11.6. The lowest BCUT2D eigenvalue weighted by molar-refractivity contribution is -0.155. The molecule has 0 aromatic rings. The largest absolute Gasteiger partial charge is 0.465 e. The van der Waals surface area contributed by atoms with Gasteiger partial charge in [-0.1, -0.05) is 38.8 Å². The van der Waals surface area contributed by atoms with Crippen molar-refractivity contribution in [2.24, 2.45) is 0 Å². The smallest absolute Gasteiger partial charge is 0.313 e. The molecule has 0 spiro atoms. The Hall–Kier alpha value is -2.28. The average Bonchev–Trinajstić information content (AvgIpc) is 2.66. The number of rotatable bonds is 18. The summed E-state index contributed by atoms with van der Waals surface area (Å²) in [6, 6.07) is 0. The molecule has 2 unspecified atom stereocenters. The Labute approximate surface area is 186 Å². The van der Waals surface area contributed by atoms with Crippen LogP contribution in [0.5, 0.6) is 0 Å². The summed E-state index contributed by atoms with van der Waals surface area (Å²) >= 11 is 0. The number of carbonyl (C=O) groups is 4. The first-order chi connectivity index (χ1) is 14.6. The van der Waals surface area contributed by atoms with Crippen LogP contribution in [0.4, 0.5) is 0 Å². The highest BCUT2D eigenvalue weighted by molar-refractivity contribution is 5.94. The fraction of sp³-hybridized carbons (Fsp3) is 0.667. The molecule has 0 heterocycles. The monoisotopic (exact) mass is 438 g/mol. The van der Waals surface area contributed by atoms with E-state index in [1.807, 2.05) is 13.8 Å². The van der Waals surface area contributed by atoms with Gasteiger partial charge in [0.15, 0.2) is 0 Å². The summed E-state index contributed by atoms with van der Waals surface area (Å²) in [5, 5.41) is 0. The molecule has 0 aliphatic heterocycles. The van der Waals surface area contributed by atoms with Crippen LogP contribution < -0.4 is 0 Å². The van der Waals surface area contributed by atoms with Crippen LogP contribution in [0, 0.1) is 0 Å². The predicted molar refractivity (Wildman–Crippen MR) is 119 cm³/mol. The summed E-state index contributed by atoms with van der Waals surface area (Å²) in [6.07, 6.45) is 6.56. The van der Waals surface area contributed by atoms with E-state index in [1.165, 1.54) is 13.8 Å². The number of esters is 2. The summed E-state index contributed by atoms with van der Waals surface area (Å²) in [5.74, 6) is -1.64. The topological polar surface area (TPSA) is 96.0 Å². The van der Waals surface area contributed by atoms with Gasteiger partial charge in [-0.15, -0.1) is 13.2 Å². The highest BCUT2D eigenvalue weighted by atomic mass is 16.6. The summed E-state index contributed by atoms with van der Waals surface area (Å²) in [6.45, 7) is 14.8. The molecule has 0 rings (SSSR count). The molecule has 0 bridgehead atoms. The van der Waals surface area contributed by atoms with Crippen molar-refractivity contribution in [1.82, 2.24) is 0 Å². The molecule has 31 heavy (non-hydrogen) atoms. The quantitative estimate of drug-likeness (QED) is 0.179. The molecule has 0 radical (unpaired) electrons. The normalized spacial score (nSPS) is 14.6. The van der Waals surface area contributed by atoms with Gasteiger partial charge in [-0.3, -0.25) is 19.2 Å². The number of ketones is 2. The second-order valence-corrected chi connectivity index (χ2v) is 7.84. The Morgan fingerprint density at radius 2 is 1.06 bits per heavy atom. The van der Waals surface area contributed by atoms with Crippen molar-refractivity contribution in [3.05, 3.63) is 25.3 Å². The van der Waals surface area contributed by atoms with Crippen LogP contribution in [0.2, 0.25) is 0 Å². The van der Waals surface area contributed by atoms with Gasteiger partial charge >= 0.3 is 11.9 Å². The van der Waals surface area contributed by atoms with Gasteiger partial charge in [-0.2, -0.15) is 0 Å². The molecule has 0 aromatic carbocycles. The summed E-state index contributed by atoms with van der Waals surface area (Å²) < 4.78 is 17.0. The lowest BCUT2D eigenvalue weighted by atomic mass is 9.88. The molecule has 2 atom stereocenters. The van der Waals surface area contributed by atoms with Crippen LogP contribution >= 0.6 is 0 Å². The van der Waals surface area contributed by atoms with Crippen LogP contribution in [0.3, 0.4) is 0 Å². The molecule has 7 nitrogen and oxygen atoms in total. The molecule has 176 valence electrons. The Morgan fingerprint density at radius 1 is 0.710 bits per heavy atom. The highest BCUT2D eigenvalue weighted by Crippen LogP contribution is 2.35. The maximum atomic E-state index is 11.7. The van der Waals surface area contributed by atoms with Gasteiger partial charge in [-0.05, 0) is 26.7 Å². The average molecular weight is 439 g/mol. The van der Waals surface area contributed by atoms with Crippen LogP contribution in [0.25, 0.3) is 0 Å². The van der Waals surface area contributed by atoms with Crippen molar-refractivity contribution in [2.75, 3.05) is 13.2 Å². The third-order valence-electron chi connectivity index (χ3n) is 4.86. The first-order valence-corrected chi connectivity index (χ1v) is 10.8. The maximum absolute atomic E-state index is 11.7. The molecule has 0 amide bonds. The van der Waals surface area contributed by atoms with E-state index in [9.17, 15) is 19.2 Å². The first kappa shape index (κ1) is 28.7. The van der Waals surface area contributed by atoms with Crippen molar-refractivity contribution >= 4 is 23.5 Å². The third-order valence-corrected chi connectivity index (χ3v) is 4.86. The van der Waals surface area contributed by atoms with Crippen molar-refractivity contribution < 1.29 is 33.4 Å². The summed E-state index contributed by atoms with van der Waals surface area (Å²) in [4.78, 5) is 45.6. The van der Waals surface area contributed by atoms with E-state index < -0.39 is 23.1 Å². The molecule has 0 aliphatic rings. The standard InChI is InChI=1S/C24H38O7/c1-7-11-23(9-3,13-15-29-21(27)17-19(5)25)31-24(10-4,12-8-2)14-16-30-22(28)18-20(6)26/h9-10H,3-4,7-8,11-18H2,1-2,5-6H3. The molecule has 0 aromatic heterocycles. The van der Waals surface area contributed by atoms with E-state index in [2.05, 4.69) is 13.2 Å². The number of carbonyl (C=O) groups excluding carboxylic acids is 4. The lowest BCUT2D eigenvalue weighted by Crippen LogP contribution is -2.44. The van der Waals surface area contributed by atoms with Gasteiger partial charge < -0.3 is 14.2 Å². The molecular weight excluding hydrogens is 400 g/mol. The Bertz CT molecular complexity index is 586. The molecule has 0 saturated heterocycles. The second kappa shape index (κ2) is 14.7. The number of hydrogen-bond acceptors (Lipinski definition) is 7. The maximum Gasteiger partial charge on any atom is 0.313 e.